The third kappa shape index (κ3) is 2.41. The van der Waals surface area contributed by atoms with Crippen LogP contribution in [0.1, 0.15) is 40.0 Å². The minimum atomic E-state index is -0.0635. The van der Waals surface area contributed by atoms with E-state index in [9.17, 15) is 4.79 Å². The van der Waals surface area contributed by atoms with Gasteiger partial charge in [-0.2, -0.15) is 0 Å². The van der Waals surface area contributed by atoms with E-state index in [2.05, 4.69) is 27.4 Å². The van der Waals surface area contributed by atoms with Gasteiger partial charge in [0.2, 0.25) is 0 Å². The molecule has 2 aliphatic carbocycles. The summed E-state index contributed by atoms with van der Waals surface area (Å²) in [7, 11) is 4.07. The van der Waals surface area contributed by atoms with Crippen LogP contribution in [0.25, 0.3) is 0 Å². The highest BCUT2D eigenvalue weighted by molar-refractivity contribution is 5.71. The van der Waals surface area contributed by atoms with Crippen LogP contribution in [-0.2, 0) is 9.53 Å². The number of hydrogen-bond acceptors (Lipinski definition) is 2. The maximum Gasteiger partial charge on any atom is 0.362 e. The van der Waals surface area contributed by atoms with Crippen LogP contribution in [0.3, 0.4) is 0 Å². The molecule has 3 atom stereocenters. The minimum absolute atomic E-state index is 0.0635. The predicted molar refractivity (Wildman–Crippen MR) is 81.1 cm³/mol. The lowest BCUT2D eigenvalue weighted by Gasteiger charge is -2.38. The zero-order chi connectivity index (χ0) is 15.2. The van der Waals surface area contributed by atoms with Gasteiger partial charge >= 0.3 is 5.97 Å². The summed E-state index contributed by atoms with van der Waals surface area (Å²) in [5.74, 6) is 0.646. The number of carbonyl (C=O) groups is 1. The van der Waals surface area contributed by atoms with Gasteiger partial charge in [-0.05, 0) is 36.7 Å². The zero-order valence-corrected chi connectivity index (χ0v) is 13.7. The fourth-order valence-electron chi connectivity index (χ4n) is 4.27. The van der Waals surface area contributed by atoms with Crippen molar-refractivity contribution in [1.29, 1.82) is 0 Å². The number of likely N-dealkylation sites (N-methyl/N-ethyl adjacent to an activating group) is 1. The Morgan fingerprint density at radius 1 is 1.40 bits per heavy atom. The number of carbonyl (C=O) groups excluding carboxylic acids is 1. The quantitative estimate of drug-likeness (QED) is 0.439. The molecular weight excluding hydrogens is 250 g/mol. The second kappa shape index (κ2) is 4.87. The van der Waals surface area contributed by atoms with Crippen molar-refractivity contribution in [2.45, 2.75) is 46.1 Å². The Morgan fingerprint density at radius 2 is 2.05 bits per heavy atom. The highest BCUT2D eigenvalue weighted by atomic mass is 16.5. The molecule has 0 aliphatic heterocycles. The molecule has 2 saturated carbocycles. The molecular formula is C17H30NO2+. The molecule has 2 fully saturated rings. The van der Waals surface area contributed by atoms with Crippen molar-refractivity contribution in [2.24, 2.45) is 16.7 Å². The molecule has 0 aromatic rings. The molecule has 0 radical (unpaired) electrons. The summed E-state index contributed by atoms with van der Waals surface area (Å²) in [6.07, 6.45) is 5.48. The first-order chi connectivity index (χ1) is 9.12. The number of fused-ring (bicyclic) bond motifs is 2. The number of nitrogens with zero attached hydrogens (tertiary/aromatic N) is 1. The van der Waals surface area contributed by atoms with E-state index in [-0.39, 0.29) is 17.5 Å². The minimum Gasteiger partial charge on any atom is -0.458 e. The third-order valence-electron chi connectivity index (χ3n) is 6.17. The van der Waals surface area contributed by atoms with Crippen LogP contribution in [0.5, 0.6) is 0 Å². The average molecular weight is 280 g/mol. The molecule has 2 rings (SSSR count). The van der Waals surface area contributed by atoms with Crippen molar-refractivity contribution in [3.05, 3.63) is 12.7 Å². The summed E-state index contributed by atoms with van der Waals surface area (Å²) in [6.45, 7) is 11.9. The molecule has 0 amide bonds. The molecule has 0 saturated heterocycles. The van der Waals surface area contributed by atoms with Gasteiger partial charge < -0.3 is 9.22 Å². The van der Waals surface area contributed by atoms with Gasteiger partial charge in [-0.25, -0.2) is 4.79 Å². The predicted octanol–water partition coefficient (Wildman–Crippen LogP) is 3.01. The van der Waals surface area contributed by atoms with Gasteiger partial charge in [0.05, 0.1) is 20.6 Å². The Labute approximate surface area is 123 Å². The molecule has 20 heavy (non-hydrogen) atoms. The fraction of sp³-hybridized carbons (Fsp3) is 0.824. The molecule has 0 N–H and O–H groups in total. The van der Waals surface area contributed by atoms with Crippen LogP contribution >= 0.6 is 0 Å². The summed E-state index contributed by atoms with van der Waals surface area (Å²) < 4.78 is 6.49. The summed E-state index contributed by atoms with van der Waals surface area (Å²) in [5, 5.41) is 0. The number of ether oxygens (including phenoxy) is 1. The van der Waals surface area contributed by atoms with E-state index in [1.807, 2.05) is 20.2 Å². The second-order valence-corrected chi connectivity index (χ2v) is 8.15. The first kappa shape index (κ1) is 15.6. The van der Waals surface area contributed by atoms with Crippen LogP contribution in [0, 0.1) is 16.7 Å². The van der Waals surface area contributed by atoms with Gasteiger partial charge in [0.25, 0.3) is 0 Å². The Hall–Kier alpha value is -0.830. The van der Waals surface area contributed by atoms with E-state index in [1.54, 1.807) is 0 Å². The van der Waals surface area contributed by atoms with Gasteiger partial charge in [-0.1, -0.05) is 27.4 Å². The van der Waals surface area contributed by atoms with Gasteiger partial charge in [-0.3, -0.25) is 0 Å². The lowest BCUT2D eigenvalue weighted by Crippen LogP contribution is -2.46. The van der Waals surface area contributed by atoms with E-state index < -0.39 is 0 Å². The van der Waals surface area contributed by atoms with Crippen LogP contribution in [0.2, 0.25) is 0 Å². The van der Waals surface area contributed by atoms with Crippen LogP contribution in [-0.4, -0.2) is 43.7 Å². The van der Waals surface area contributed by atoms with Crippen LogP contribution < -0.4 is 0 Å². The molecule has 0 spiro atoms. The fourth-order valence-corrected chi connectivity index (χ4v) is 4.27. The Kier molecular flexibility index (Phi) is 3.79. The highest BCUT2D eigenvalue weighted by Gasteiger charge is 2.62. The lowest BCUT2D eigenvalue weighted by atomic mass is 9.70. The Balaban J connectivity index is 1.99. The van der Waals surface area contributed by atoms with E-state index in [0.29, 0.717) is 22.4 Å². The summed E-state index contributed by atoms with van der Waals surface area (Å²) in [6, 6.07) is 0. The first-order valence-electron chi connectivity index (χ1n) is 7.75. The van der Waals surface area contributed by atoms with Gasteiger partial charge in [-0.15, -0.1) is 0 Å². The molecule has 3 heteroatoms. The topological polar surface area (TPSA) is 26.3 Å². The van der Waals surface area contributed by atoms with Crippen molar-refractivity contribution in [3.63, 3.8) is 0 Å². The van der Waals surface area contributed by atoms with E-state index in [0.717, 1.165) is 13.0 Å². The highest BCUT2D eigenvalue weighted by Crippen LogP contribution is 2.66. The molecule has 0 aromatic carbocycles. The van der Waals surface area contributed by atoms with E-state index in [4.69, 9.17) is 4.74 Å². The van der Waals surface area contributed by atoms with Crippen molar-refractivity contribution >= 4 is 5.97 Å². The number of esters is 1. The summed E-state index contributed by atoms with van der Waals surface area (Å²) in [5.41, 5.74) is 0.451. The largest absolute Gasteiger partial charge is 0.458 e. The van der Waals surface area contributed by atoms with E-state index in [1.165, 1.54) is 12.8 Å². The molecule has 2 bridgehead atoms. The maximum atomic E-state index is 12.2. The van der Waals surface area contributed by atoms with Crippen molar-refractivity contribution < 1.29 is 14.0 Å². The molecule has 0 heterocycles. The SMILES string of the molecule is C=CC[N+](C)(C)CC(=O)O[C@H]1C[C@@H]2CC[C@@]1(C)C2(C)C. The van der Waals surface area contributed by atoms with Crippen molar-refractivity contribution in [1.82, 2.24) is 0 Å². The smallest absolute Gasteiger partial charge is 0.362 e. The standard InChI is InChI=1S/C17H30NO2/c1-7-10-18(5,6)12-15(19)20-14-11-13-8-9-17(14,4)16(13,2)3/h7,13-14H,1,8-12H2,2-6H3/q+1/t13-,14-,17+/m0/s1. The summed E-state index contributed by atoms with van der Waals surface area (Å²) in [4.78, 5) is 12.2. The van der Waals surface area contributed by atoms with Gasteiger partial charge in [0.15, 0.2) is 6.54 Å². The molecule has 0 unspecified atom stereocenters. The van der Waals surface area contributed by atoms with Gasteiger partial charge in [0, 0.05) is 5.41 Å². The van der Waals surface area contributed by atoms with Crippen LogP contribution in [0.15, 0.2) is 12.7 Å². The maximum absolute atomic E-state index is 12.2. The average Bonchev–Trinajstić information content (AvgIpc) is 2.60. The lowest BCUT2D eigenvalue weighted by molar-refractivity contribution is -0.877. The number of hydrogen-bond donors (Lipinski definition) is 0. The Bertz CT molecular complexity index is 413. The monoisotopic (exact) mass is 280 g/mol. The van der Waals surface area contributed by atoms with E-state index >= 15 is 0 Å². The summed E-state index contributed by atoms with van der Waals surface area (Å²) >= 11 is 0. The van der Waals surface area contributed by atoms with Gasteiger partial charge in [0.1, 0.15) is 6.10 Å². The number of quaternary nitrogens is 1. The zero-order valence-electron chi connectivity index (χ0n) is 13.7. The molecule has 0 aromatic heterocycles. The molecule has 3 nitrogen and oxygen atoms in total. The second-order valence-electron chi connectivity index (χ2n) is 8.15. The van der Waals surface area contributed by atoms with Crippen molar-refractivity contribution in [3.8, 4) is 0 Å². The normalized spacial score (nSPS) is 35.0. The van der Waals surface area contributed by atoms with Crippen LogP contribution in [0.4, 0.5) is 0 Å². The molecule has 114 valence electrons. The van der Waals surface area contributed by atoms with Crippen molar-refractivity contribution in [2.75, 3.05) is 27.2 Å². The molecule has 2 aliphatic rings. The Morgan fingerprint density at radius 3 is 2.50 bits per heavy atom. The number of rotatable bonds is 5. The first-order valence-corrected chi connectivity index (χ1v) is 7.75. The third-order valence-corrected chi connectivity index (χ3v) is 6.17.